The molecule has 2 rings (SSSR count). The van der Waals surface area contributed by atoms with Crippen molar-refractivity contribution in [2.45, 2.75) is 44.6 Å². The highest BCUT2D eigenvalue weighted by atomic mass is 35.5. The van der Waals surface area contributed by atoms with Gasteiger partial charge in [-0.3, -0.25) is 4.79 Å². The zero-order valence-corrected chi connectivity index (χ0v) is 18.8. The maximum Gasteiger partial charge on any atom is 0.253 e. The highest BCUT2D eigenvalue weighted by Gasteiger charge is 2.26. The molecule has 1 aromatic carbocycles. The van der Waals surface area contributed by atoms with Crippen LogP contribution < -0.4 is 15.5 Å². The quantitative estimate of drug-likeness (QED) is 0.624. The molecule has 0 bridgehead atoms. The normalized spacial score (nSPS) is 15.4. The van der Waals surface area contributed by atoms with Crippen LogP contribution in [0, 0.1) is 0 Å². The number of halogens is 1. The minimum Gasteiger partial charge on any atom is -0.371 e. The van der Waals surface area contributed by atoms with Gasteiger partial charge in [0.1, 0.15) is 0 Å². The van der Waals surface area contributed by atoms with Crippen LogP contribution in [0.1, 0.15) is 44.0 Å². The van der Waals surface area contributed by atoms with Crippen LogP contribution in [0.2, 0.25) is 0 Å². The molecule has 1 aromatic rings. The lowest BCUT2D eigenvalue weighted by atomic mass is 10.1. The third-order valence-corrected chi connectivity index (χ3v) is 7.11. The summed E-state index contributed by atoms with van der Waals surface area (Å²) in [5, 5.41) is 5.99. The number of benzene rings is 1. The molecule has 0 spiro atoms. The second-order valence-electron chi connectivity index (χ2n) is 6.86. The molecule has 1 saturated heterocycles. The number of anilines is 1. The van der Waals surface area contributed by atoms with Crippen LogP contribution in [0.3, 0.4) is 0 Å². The Hall–Kier alpha value is -1.35. The molecule has 0 radical (unpaired) electrons. The van der Waals surface area contributed by atoms with Gasteiger partial charge in [-0.25, -0.2) is 8.42 Å². The number of amides is 1. The van der Waals surface area contributed by atoms with Crippen molar-refractivity contribution in [3.05, 3.63) is 23.8 Å². The van der Waals surface area contributed by atoms with E-state index >= 15 is 0 Å². The minimum absolute atomic E-state index is 0. The van der Waals surface area contributed by atoms with Gasteiger partial charge < -0.3 is 15.5 Å². The molecule has 1 heterocycles. The molecule has 1 aliphatic rings. The van der Waals surface area contributed by atoms with Gasteiger partial charge in [0.2, 0.25) is 10.0 Å². The van der Waals surface area contributed by atoms with E-state index in [1.165, 1.54) is 10.4 Å². The maximum atomic E-state index is 12.9. The van der Waals surface area contributed by atoms with Gasteiger partial charge in [0.15, 0.2) is 0 Å². The Kier molecular flexibility index (Phi) is 9.69. The Labute approximate surface area is 175 Å². The molecule has 1 atom stereocenters. The summed E-state index contributed by atoms with van der Waals surface area (Å²) in [6.45, 7) is 8.63. The number of carbonyl (C=O) groups is 1. The summed E-state index contributed by atoms with van der Waals surface area (Å²) in [7, 11) is -1.77. The van der Waals surface area contributed by atoms with Crippen molar-refractivity contribution in [3.63, 3.8) is 0 Å². The standard InChI is InChI=1S/C19H32N4O3S.ClH/c1-5-23(6-2)27(25,26)16-9-10-18(22-11-7-8-12-22)17(13-16)19(24)21-14-15(3)20-4;/h9-10,13,15,20H,5-8,11-12,14H2,1-4H3,(H,21,24);1H. The number of sulfonamides is 1. The van der Waals surface area contributed by atoms with Gasteiger partial charge in [-0.15, -0.1) is 12.4 Å². The van der Waals surface area contributed by atoms with E-state index in [-0.39, 0.29) is 29.3 Å². The fourth-order valence-corrected chi connectivity index (χ4v) is 4.73. The molecular weight excluding hydrogens is 400 g/mol. The first-order valence-corrected chi connectivity index (χ1v) is 11.1. The summed E-state index contributed by atoms with van der Waals surface area (Å²) in [6, 6.07) is 5.05. The molecule has 1 unspecified atom stereocenters. The topological polar surface area (TPSA) is 81.8 Å². The predicted molar refractivity (Wildman–Crippen MR) is 116 cm³/mol. The minimum atomic E-state index is -3.61. The van der Waals surface area contributed by atoms with Crippen LogP contribution >= 0.6 is 12.4 Å². The van der Waals surface area contributed by atoms with Crippen LogP contribution in [0.5, 0.6) is 0 Å². The smallest absolute Gasteiger partial charge is 0.253 e. The van der Waals surface area contributed by atoms with Gasteiger partial charge in [0.05, 0.1) is 10.5 Å². The van der Waals surface area contributed by atoms with Gasteiger partial charge in [0, 0.05) is 44.5 Å². The van der Waals surface area contributed by atoms with Crippen molar-refractivity contribution in [3.8, 4) is 0 Å². The van der Waals surface area contributed by atoms with Crippen molar-refractivity contribution in [1.29, 1.82) is 0 Å². The van der Waals surface area contributed by atoms with Crippen molar-refractivity contribution < 1.29 is 13.2 Å². The van der Waals surface area contributed by atoms with E-state index < -0.39 is 10.0 Å². The predicted octanol–water partition coefficient (Wildman–Crippen LogP) is 2.08. The van der Waals surface area contributed by atoms with E-state index in [0.29, 0.717) is 25.2 Å². The molecule has 1 amide bonds. The fraction of sp³-hybridized carbons (Fsp3) is 0.632. The van der Waals surface area contributed by atoms with Crippen molar-refractivity contribution in [1.82, 2.24) is 14.9 Å². The number of likely N-dealkylation sites (N-methyl/N-ethyl adjacent to an activating group) is 1. The largest absolute Gasteiger partial charge is 0.371 e. The molecule has 9 heteroatoms. The zero-order valence-electron chi connectivity index (χ0n) is 17.2. The Morgan fingerprint density at radius 2 is 1.82 bits per heavy atom. The second-order valence-corrected chi connectivity index (χ2v) is 8.80. The van der Waals surface area contributed by atoms with Crippen molar-refractivity contribution in [2.75, 3.05) is 44.7 Å². The summed E-state index contributed by atoms with van der Waals surface area (Å²) in [6.07, 6.45) is 2.16. The average molecular weight is 433 g/mol. The number of rotatable bonds is 9. The lowest BCUT2D eigenvalue weighted by Gasteiger charge is -2.24. The van der Waals surface area contributed by atoms with Crippen molar-refractivity contribution >= 4 is 34.0 Å². The molecule has 0 aliphatic carbocycles. The summed E-state index contributed by atoms with van der Waals surface area (Å²) in [4.78, 5) is 15.2. The van der Waals surface area contributed by atoms with Crippen LogP contribution in [-0.4, -0.2) is 64.4 Å². The SMILES string of the molecule is CCN(CC)S(=O)(=O)c1ccc(N2CCCC2)c(C(=O)NCC(C)NC)c1.Cl. The Bertz CT molecular complexity index is 748. The molecule has 0 aromatic heterocycles. The summed E-state index contributed by atoms with van der Waals surface area (Å²) in [5.41, 5.74) is 1.23. The first-order chi connectivity index (χ1) is 12.8. The van der Waals surface area contributed by atoms with Crippen molar-refractivity contribution in [2.24, 2.45) is 0 Å². The first-order valence-electron chi connectivity index (χ1n) is 9.69. The second kappa shape index (κ2) is 11.0. The van der Waals surface area contributed by atoms with Gasteiger partial charge in [0.25, 0.3) is 5.91 Å². The third-order valence-electron chi connectivity index (χ3n) is 5.06. The summed E-state index contributed by atoms with van der Waals surface area (Å²) in [5.74, 6) is -0.240. The number of nitrogens with one attached hydrogen (secondary N) is 2. The average Bonchev–Trinajstić information content (AvgIpc) is 3.20. The molecule has 1 aliphatic heterocycles. The Balaban J connectivity index is 0.00000392. The molecule has 28 heavy (non-hydrogen) atoms. The molecule has 2 N–H and O–H groups in total. The van der Waals surface area contributed by atoms with Gasteiger partial charge in [-0.05, 0) is 45.0 Å². The van der Waals surface area contributed by atoms with E-state index in [4.69, 9.17) is 0 Å². The van der Waals surface area contributed by atoms with E-state index in [0.717, 1.165) is 31.6 Å². The number of hydrogen-bond acceptors (Lipinski definition) is 5. The van der Waals surface area contributed by atoms with Gasteiger partial charge in [-0.1, -0.05) is 13.8 Å². The van der Waals surface area contributed by atoms with E-state index in [1.807, 2.05) is 27.8 Å². The van der Waals surface area contributed by atoms with Gasteiger partial charge in [-0.2, -0.15) is 4.31 Å². The molecule has 160 valence electrons. The number of hydrogen-bond donors (Lipinski definition) is 2. The van der Waals surface area contributed by atoms with E-state index in [9.17, 15) is 13.2 Å². The number of nitrogens with zero attached hydrogens (tertiary/aromatic N) is 2. The number of carbonyl (C=O) groups excluding carboxylic acids is 1. The zero-order chi connectivity index (χ0) is 20.0. The first kappa shape index (κ1) is 24.7. The lowest BCUT2D eigenvalue weighted by molar-refractivity contribution is 0.0951. The lowest BCUT2D eigenvalue weighted by Crippen LogP contribution is -2.38. The van der Waals surface area contributed by atoms with Crippen LogP contribution in [0.25, 0.3) is 0 Å². The molecule has 0 saturated carbocycles. The van der Waals surface area contributed by atoms with E-state index in [2.05, 4.69) is 15.5 Å². The maximum absolute atomic E-state index is 12.9. The Morgan fingerprint density at radius 3 is 2.36 bits per heavy atom. The Morgan fingerprint density at radius 1 is 1.21 bits per heavy atom. The van der Waals surface area contributed by atoms with Crippen LogP contribution in [0.4, 0.5) is 5.69 Å². The van der Waals surface area contributed by atoms with Gasteiger partial charge >= 0.3 is 0 Å². The van der Waals surface area contributed by atoms with Crippen LogP contribution in [-0.2, 0) is 10.0 Å². The highest BCUT2D eigenvalue weighted by Crippen LogP contribution is 2.28. The molecular formula is C19H33ClN4O3S. The summed E-state index contributed by atoms with van der Waals surface area (Å²) < 4.78 is 27.2. The molecule has 7 nitrogen and oxygen atoms in total. The highest BCUT2D eigenvalue weighted by molar-refractivity contribution is 7.89. The van der Waals surface area contributed by atoms with Crippen LogP contribution in [0.15, 0.2) is 23.1 Å². The summed E-state index contributed by atoms with van der Waals surface area (Å²) >= 11 is 0. The fourth-order valence-electron chi connectivity index (χ4n) is 3.25. The monoisotopic (exact) mass is 432 g/mol. The van der Waals surface area contributed by atoms with E-state index in [1.54, 1.807) is 12.1 Å². The third kappa shape index (κ3) is 5.59. The molecule has 1 fully saturated rings.